The predicted octanol–water partition coefficient (Wildman–Crippen LogP) is 3.69. The smallest absolute Gasteiger partial charge is 0.234 e. The Labute approximate surface area is 132 Å². The number of hydrogen-bond acceptors (Lipinski definition) is 4. The number of hydrogen-bond donors (Lipinski definition) is 1. The summed E-state index contributed by atoms with van der Waals surface area (Å²) in [6, 6.07) is 7.90. The Hall–Kier alpha value is -0.910. The molecule has 0 bridgehead atoms. The van der Waals surface area contributed by atoms with Gasteiger partial charge in [-0.15, -0.1) is 12.4 Å². The van der Waals surface area contributed by atoms with E-state index in [4.69, 9.17) is 10.3 Å². The predicted molar refractivity (Wildman–Crippen MR) is 83.9 cm³/mol. The zero-order chi connectivity index (χ0) is 13.3. The summed E-state index contributed by atoms with van der Waals surface area (Å²) in [5.41, 5.74) is 6.79. The molecule has 20 heavy (non-hydrogen) atoms. The Morgan fingerprint density at radius 1 is 1.30 bits per heavy atom. The minimum atomic E-state index is -0.0999. The van der Waals surface area contributed by atoms with Gasteiger partial charge in [-0.1, -0.05) is 46.1 Å². The van der Waals surface area contributed by atoms with Gasteiger partial charge in [0, 0.05) is 16.6 Å². The van der Waals surface area contributed by atoms with Gasteiger partial charge in [-0.25, -0.2) is 0 Å². The van der Waals surface area contributed by atoms with E-state index in [1.54, 1.807) is 0 Å². The van der Waals surface area contributed by atoms with Gasteiger partial charge in [-0.2, -0.15) is 4.98 Å². The standard InChI is InChI=1S/C14H16BrN3O.ClH/c15-11-5-3-4-10(8-11)12-17-13(19-18-12)14(9-16)6-1-2-7-14;/h3-5,8H,1-2,6-7,9,16H2;1H. The fourth-order valence-corrected chi connectivity index (χ4v) is 3.14. The molecule has 0 radical (unpaired) electrons. The van der Waals surface area contributed by atoms with Crippen LogP contribution < -0.4 is 5.73 Å². The van der Waals surface area contributed by atoms with Crippen molar-refractivity contribution < 1.29 is 4.52 Å². The first-order chi connectivity index (χ1) is 9.23. The third-order valence-electron chi connectivity index (χ3n) is 3.91. The van der Waals surface area contributed by atoms with Crippen LogP contribution in [-0.4, -0.2) is 16.7 Å². The summed E-state index contributed by atoms with van der Waals surface area (Å²) in [5, 5.41) is 4.10. The maximum Gasteiger partial charge on any atom is 0.234 e. The second kappa shape index (κ2) is 6.24. The number of aromatic nitrogens is 2. The highest BCUT2D eigenvalue weighted by Gasteiger charge is 2.39. The molecule has 1 aromatic heterocycles. The average molecular weight is 359 g/mol. The first kappa shape index (κ1) is 15.5. The molecule has 2 N–H and O–H groups in total. The highest BCUT2D eigenvalue weighted by atomic mass is 79.9. The van der Waals surface area contributed by atoms with Crippen molar-refractivity contribution >= 4 is 28.3 Å². The van der Waals surface area contributed by atoms with Gasteiger partial charge in [0.2, 0.25) is 11.7 Å². The number of halogens is 2. The SMILES string of the molecule is Cl.NCC1(c2nc(-c3cccc(Br)c3)no2)CCCC1. The van der Waals surface area contributed by atoms with E-state index in [9.17, 15) is 0 Å². The van der Waals surface area contributed by atoms with E-state index in [1.807, 2.05) is 24.3 Å². The van der Waals surface area contributed by atoms with E-state index in [1.165, 1.54) is 12.8 Å². The van der Waals surface area contributed by atoms with Gasteiger partial charge in [-0.3, -0.25) is 0 Å². The van der Waals surface area contributed by atoms with Crippen molar-refractivity contribution in [1.29, 1.82) is 0 Å². The molecule has 1 fully saturated rings. The molecule has 4 nitrogen and oxygen atoms in total. The summed E-state index contributed by atoms with van der Waals surface area (Å²) in [5.74, 6) is 1.33. The van der Waals surface area contributed by atoms with E-state index >= 15 is 0 Å². The molecule has 0 amide bonds. The van der Waals surface area contributed by atoms with Crippen LogP contribution in [0.1, 0.15) is 31.6 Å². The zero-order valence-electron chi connectivity index (χ0n) is 11.0. The molecule has 1 aromatic carbocycles. The monoisotopic (exact) mass is 357 g/mol. The van der Waals surface area contributed by atoms with Gasteiger partial charge < -0.3 is 10.3 Å². The lowest BCUT2D eigenvalue weighted by atomic mass is 9.86. The highest BCUT2D eigenvalue weighted by Crippen LogP contribution is 2.39. The third-order valence-corrected chi connectivity index (χ3v) is 4.41. The van der Waals surface area contributed by atoms with Gasteiger partial charge in [0.25, 0.3) is 0 Å². The Morgan fingerprint density at radius 3 is 2.70 bits per heavy atom. The van der Waals surface area contributed by atoms with Crippen LogP contribution in [0, 0.1) is 0 Å². The first-order valence-electron chi connectivity index (χ1n) is 6.54. The summed E-state index contributed by atoms with van der Waals surface area (Å²) in [7, 11) is 0. The molecule has 108 valence electrons. The maximum atomic E-state index is 5.94. The van der Waals surface area contributed by atoms with Crippen LogP contribution in [0.4, 0.5) is 0 Å². The average Bonchev–Trinajstić information content (AvgIpc) is 3.08. The van der Waals surface area contributed by atoms with Gasteiger partial charge in [-0.05, 0) is 25.0 Å². The molecule has 0 unspecified atom stereocenters. The normalized spacial score (nSPS) is 16.9. The van der Waals surface area contributed by atoms with Crippen molar-refractivity contribution in [3.63, 3.8) is 0 Å². The molecule has 1 heterocycles. The van der Waals surface area contributed by atoms with Crippen LogP contribution in [0.2, 0.25) is 0 Å². The first-order valence-corrected chi connectivity index (χ1v) is 7.33. The molecule has 1 aliphatic rings. The van der Waals surface area contributed by atoms with Crippen LogP contribution in [0.25, 0.3) is 11.4 Å². The molecule has 6 heteroatoms. The summed E-state index contributed by atoms with van der Waals surface area (Å²) < 4.78 is 6.49. The number of benzene rings is 1. The van der Waals surface area contributed by atoms with E-state index in [2.05, 4.69) is 26.1 Å². The fourth-order valence-electron chi connectivity index (χ4n) is 2.74. The molecular weight excluding hydrogens is 342 g/mol. The van der Waals surface area contributed by atoms with Crippen LogP contribution in [0.5, 0.6) is 0 Å². The van der Waals surface area contributed by atoms with E-state index < -0.39 is 0 Å². The van der Waals surface area contributed by atoms with Crippen LogP contribution in [-0.2, 0) is 5.41 Å². The Morgan fingerprint density at radius 2 is 2.05 bits per heavy atom. The topological polar surface area (TPSA) is 64.9 Å². The van der Waals surface area contributed by atoms with Gasteiger partial charge in [0.05, 0.1) is 5.41 Å². The van der Waals surface area contributed by atoms with Crippen molar-refractivity contribution in [2.45, 2.75) is 31.1 Å². The lowest BCUT2D eigenvalue weighted by Gasteiger charge is -2.21. The minimum absolute atomic E-state index is 0. The zero-order valence-corrected chi connectivity index (χ0v) is 13.4. The lowest BCUT2D eigenvalue weighted by Crippen LogP contribution is -2.32. The molecule has 2 aromatic rings. The molecule has 0 aliphatic heterocycles. The maximum absolute atomic E-state index is 5.94. The second-order valence-corrected chi connectivity index (χ2v) is 6.04. The van der Waals surface area contributed by atoms with Crippen LogP contribution >= 0.6 is 28.3 Å². The van der Waals surface area contributed by atoms with E-state index in [-0.39, 0.29) is 17.8 Å². The van der Waals surface area contributed by atoms with Crippen molar-refractivity contribution in [1.82, 2.24) is 10.1 Å². The molecule has 0 saturated heterocycles. The Kier molecular flexibility index (Phi) is 4.83. The van der Waals surface area contributed by atoms with Gasteiger partial charge in [0.15, 0.2) is 0 Å². The minimum Gasteiger partial charge on any atom is -0.338 e. The molecule has 0 atom stereocenters. The van der Waals surface area contributed by atoms with Crippen LogP contribution in [0.15, 0.2) is 33.3 Å². The summed E-state index contributed by atoms with van der Waals surface area (Å²) in [6.07, 6.45) is 4.46. The molecule has 1 aliphatic carbocycles. The van der Waals surface area contributed by atoms with Crippen molar-refractivity contribution in [2.24, 2.45) is 5.73 Å². The van der Waals surface area contributed by atoms with E-state index in [0.29, 0.717) is 18.3 Å². The van der Waals surface area contributed by atoms with Crippen LogP contribution in [0.3, 0.4) is 0 Å². The number of nitrogens with zero attached hydrogens (tertiary/aromatic N) is 2. The summed E-state index contributed by atoms with van der Waals surface area (Å²) in [4.78, 5) is 4.57. The highest BCUT2D eigenvalue weighted by molar-refractivity contribution is 9.10. The molecule has 1 saturated carbocycles. The largest absolute Gasteiger partial charge is 0.338 e. The fraction of sp³-hybridized carbons (Fsp3) is 0.429. The number of nitrogens with two attached hydrogens (primary N) is 1. The quantitative estimate of drug-likeness (QED) is 0.908. The third kappa shape index (κ3) is 2.75. The molecule has 0 spiro atoms. The van der Waals surface area contributed by atoms with Gasteiger partial charge in [0.1, 0.15) is 0 Å². The summed E-state index contributed by atoms with van der Waals surface area (Å²) in [6.45, 7) is 0.577. The lowest BCUT2D eigenvalue weighted by molar-refractivity contribution is 0.284. The van der Waals surface area contributed by atoms with Gasteiger partial charge >= 0.3 is 0 Å². The Balaban J connectivity index is 0.00000147. The van der Waals surface area contributed by atoms with Crippen molar-refractivity contribution in [3.05, 3.63) is 34.6 Å². The number of rotatable bonds is 3. The Bertz CT molecular complexity index is 581. The van der Waals surface area contributed by atoms with Crippen molar-refractivity contribution in [2.75, 3.05) is 6.54 Å². The second-order valence-electron chi connectivity index (χ2n) is 5.13. The summed E-state index contributed by atoms with van der Waals surface area (Å²) >= 11 is 3.45. The van der Waals surface area contributed by atoms with Crippen molar-refractivity contribution in [3.8, 4) is 11.4 Å². The van der Waals surface area contributed by atoms with E-state index in [0.717, 1.165) is 22.9 Å². The molecular formula is C14H17BrClN3O. The molecule has 3 rings (SSSR count).